The summed E-state index contributed by atoms with van der Waals surface area (Å²) in [7, 11) is 1.62. The van der Waals surface area contributed by atoms with Crippen molar-refractivity contribution >= 4 is 11.6 Å². The minimum absolute atomic E-state index is 0.663. The Morgan fingerprint density at radius 3 is 2.38 bits per heavy atom. The van der Waals surface area contributed by atoms with Gasteiger partial charge in [-0.2, -0.15) is 0 Å². The van der Waals surface area contributed by atoms with Gasteiger partial charge in [-0.15, -0.1) is 0 Å². The molecule has 2 aromatic carbocycles. The maximum atomic E-state index is 6.07. The predicted molar refractivity (Wildman–Crippen MR) is 67.3 cm³/mol. The first-order valence-electron chi connectivity index (χ1n) is 5.16. The van der Waals surface area contributed by atoms with Gasteiger partial charge in [0.1, 0.15) is 5.75 Å². The van der Waals surface area contributed by atoms with Gasteiger partial charge in [-0.1, -0.05) is 48.0 Å². The Kier molecular flexibility index (Phi) is 3.47. The molecule has 2 heteroatoms. The molecular formula is C14H13ClO. The second kappa shape index (κ2) is 5.04. The van der Waals surface area contributed by atoms with Crippen molar-refractivity contribution in [2.75, 3.05) is 7.11 Å². The maximum Gasteiger partial charge on any atom is 0.137 e. The largest absolute Gasteiger partial charge is 0.495 e. The summed E-state index contributed by atoms with van der Waals surface area (Å²) in [5.41, 5.74) is 2.47. The van der Waals surface area contributed by atoms with Gasteiger partial charge in [-0.25, -0.2) is 0 Å². The van der Waals surface area contributed by atoms with E-state index in [-0.39, 0.29) is 0 Å². The van der Waals surface area contributed by atoms with Crippen molar-refractivity contribution in [1.82, 2.24) is 0 Å². The first-order valence-corrected chi connectivity index (χ1v) is 5.54. The van der Waals surface area contributed by atoms with Crippen molar-refractivity contribution in [3.63, 3.8) is 0 Å². The minimum Gasteiger partial charge on any atom is -0.495 e. The molecule has 0 aliphatic heterocycles. The topological polar surface area (TPSA) is 9.23 Å². The van der Waals surface area contributed by atoms with Crippen LogP contribution in [-0.4, -0.2) is 7.11 Å². The van der Waals surface area contributed by atoms with E-state index in [1.165, 1.54) is 11.1 Å². The maximum absolute atomic E-state index is 6.07. The molecule has 1 nitrogen and oxygen atoms in total. The number of rotatable bonds is 3. The van der Waals surface area contributed by atoms with E-state index in [1.54, 1.807) is 7.11 Å². The summed E-state index contributed by atoms with van der Waals surface area (Å²) in [5.74, 6) is 0.721. The standard InChI is InChI=1S/C14H13ClO/c1-16-14-8-7-12(10-13(14)15)9-11-5-3-2-4-6-11/h2-8,10H,9H2,1H3. The molecule has 0 spiro atoms. The van der Waals surface area contributed by atoms with Gasteiger partial charge in [-0.3, -0.25) is 0 Å². The second-order valence-corrected chi connectivity index (χ2v) is 4.04. The first kappa shape index (κ1) is 11.0. The van der Waals surface area contributed by atoms with E-state index in [1.807, 2.05) is 36.4 Å². The Bertz CT molecular complexity index is 465. The van der Waals surface area contributed by atoms with Crippen molar-refractivity contribution < 1.29 is 4.74 Å². The molecule has 16 heavy (non-hydrogen) atoms. The van der Waals surface area contributed by atoms with Crippen molar-refractivity contribution in [2.45, 2.75) is 6.42 Å². The quantitative estimate of drug-likeness (QED) is 0.779. The molecule has 82 valence electrons. The molecule has 2 rings (SSSR count). The molecule has 0 N–H and O–H groups in total. The summed E-state index contributed by atoms with van der Waals surface area (Å²) in [6, 6.07) is 16.2. The molecule has 0 aliphatic carbocycles. The third-order valence-corrected chi connectivity index (χ3v) is 2.76. The molecule has 0 saturated heterocycles. The zero-order valence-corrected chi connectivity index (χ0v) is 9.87. The van der Waals surface area contributed by atoms with Crippen LogP contribution < -0.4 is 4.74 Å². The summed E-state index contributed by atoms with van der Waals surface area (Å²) in [6.07, 6.45) is 0.893. The van der Waals surface area contributed by atoms with Crippen molar-refractivity contribution in [3.05, 3.63) is 64.7 Å². The zero-order valence-electron chi connectivity index (χ0n) is 9.11. The average Bonchev–Trinajstić information content (AvgIpc) is 2.31. The van der Waals surface area contributed by atoms with Crippen LogP contribution in [0.5, 0.6) is 5.75 Å². The van der Waals surface area contributed by atoms with Gasteiger partial charge in [-0.05, 0) is 29.7 Å². The summed E-state index contributed by atoms with van der Waals surface area (Å²) >= 11 is 6.07. The first-order chi connectivity index (χ1) is 7.79. The van der Waals surface area contributed by atoms with E-state index in [9.17, 15) is 0 Å². The highest BCUT2D eigenvalue weighted by molar-refractivity contribution is 6.32. The van der Waals surface area contributed by atoms with Gasteiger partial charge in [0.15, 0.2) is 0 Å². The molecule has 0 fully saturated rings. The fraction of sp³-hybridized carbons (Fsp3) is 0.143. The summed E-state index contributed by atoms with van der Waals surface area (Å²) in [6.45, 7) is 0. The van der Waals surface area contributed by atoms with Crippen LogP contribution in [0, 0.1) is 0 Å². The van der Waals surface area contributed by atoms with Crippen molar-refractivity contribution in [2.24, 2.45) is 0 Å². The Balaban J connectivity index is 2.20. The summed E-state index contributed by atoms with van der Waals surface area (Å²) in [4.78, 5) is 0. The monoisotopic (exact) mass is 232 g/mol. The Morgan fingerprint density at radius 1 is 1.00 bits per heavy atom. The Hall–Kier alpha value is -1.47. The molecule has 0 heterocycles. The smallest absolute Gasteiger partial charge is 0.137 e. The molecule has 0 aliphatic rings. The average molecular weight is 233 g/mol. The Labute approximate surface area is 101 Å². The van der Waals surface area contributed by atoms with Gasteiger partial charge in [0, 0.05) is 0 Å². The molecule has 0 unspecified atom stereocenters. The van der Waals surface area contributed by atoms with E-state index in [0.717, 1.165) is 12.2 Å². The van der Waals surface area contributed by atoms with Crippen LogP contribution in [0.15, 0.2) is 48.5 Å². The fourth-order valence-corrected chi connectivity index (χ4v) is 1.93. The lowest BCUT2D eigenvalue weighted by Crippen LogP contribution is -1.89. The van der Waals surface area contributed by atoms with Crippen LogP contribution in [0.25, 0.3) is 0 Å². The molecule has 0 amide bonds. The minimum atomic E-state index is 0.663. The van der Waals surface area contributed by atoms with Crippen LogP contribution in [0.1, 0.15) is 11.1 Å². The highest BCUT2D eigenvalue weighted by atomic mass is 35.5. The molecule has 2 aromatic rings. The summed E-state index contributed by atoms with van der Waals surface area (Å²) < 4.78 is 5.12. The lowest BCUT2D eigenvalue weighted by atomic mass is 10.1. The van der Waals surface area contributed by atoms with Crippen LogP contribution >= 0.6 is 11.6 Å². The highest BCUT2D eigenvalue weighted by Crippen LogP contribution is 2.25. The van der Waals surface area contributed by atoms with Crippen LogP contribution in [0.4, 0.5) is 0 Å². The predicted octanol–water partition coefficient (Wildman–Crippen LogP) is 3.94. The van der Waals surface area contributed by atoms with Gasteiger partial charge in [0.2, 0.25) is 0 Å². The number of hydrogen-bond donors (Lipinski definition) is 0. The highest BCUT2D eigenvalue weighted by Gasteiger charge is 2.02. The lowest BCUT2D eigenvalue weighted by Gasteiger charge is -2.06. The lowest BCUT2D eigenvalue weighted by molar-refractivity contribution is 0.415. The Morgan fingerprint density at radius 2 is 1.75 bits per heavy atom. The van der Waals surface area contributed by atoms with E-state index < -0.39 is 0 Å². The van der Waals surface area contributed by atoms with Crippen LogP contribution in [0.2, 0.25) is 5.02 Å². The van der Waals surface area contributed by atoms with Crippen LogP contribution in [-0.2, 0) is 6.42 Å². The zero-order chi connectivity index (χ0) is 11.4. The SMILES string of the molecule is COc1ccc(Cc2ccccc2)cc1Cl. The van der Waals surface area contributed by atoms with Gasteiger partial charge >= 0.3 is 0 Å². The molecule has 0 saturated carbocycles. The second-order valence-electron chi connectivity index (χ2n) is 3.63. The van der Waals surface area contributed by atoms with Crippen molar-refractivity contribution in [3.8, 4) is 5.75 Å². The van der Waals surface area contributed by atoms with Crippen molar-refractivity contribution in [1.29, 1.82) is 0 Å². The van der Waals surface area contributed by atoms with E-state index in [2.05, 4.69) is 12.1 Å². The third kappa shape index (κ3) is 2.56. The fourth-order valence-electron chi connectivity index (χ4n) is 1.65. The van der Waals surface area contributed by atoms with Gasteiger partial charge in [0.05, 0.1) is 12.1 Å². The number of benzene rings is 2. The summed E-state index contributed by atoms with van der Waals surface area (Å²) in [5, 5.41) is 0.663. The molecule has 0 bridgehead atoms. The van der Waals surface area contributed by atoms with Crippen LogP contribution in [0.3, 0.4) is 0 Å². The van der Waals surface area contributed by atoms with E-state index in [0.29, 0.717) is 5.02 Å². The normalized spacial score (nSPS) is 10.1. The number of ether oxygens (including phenoxy) is 1. The molecule has 0 atom stereocenters. The van der Waals surface area contributed by atoms with E-state index >= 15 is 0 Å². The number of methoxy groups -OCH3 is 1. The molecule has 0 radical (unpaired) electrons. The molecular weight excluding hydrogens is 220 g/mol. The third-order valence-electron chi connectivity index (χ3n) is 2.47. The molecule has 0 aromatic heterocycles. The number of hydrogen-bond acceptors (Lipinski definition) is 1. The number of halogens is 1. The van der Waals surface area contributed by atoms with Gasteiger partial charge < -0.3 is 4.74 Å². The van der Waals surface area contributed by atoms with E-state index in [4.69, 9.17) is 16.3 Å². The van der Waals surface area contributed by atoms with Gasteiger partial charge in [0.25, 0.3) is 0 Å².